The maximum atomic E-state index is 13.5. The number of carboxylic acids is 1. The van der Waals surface area contributed by atoms with Crippen LogP contribution in [-0.2, 0) is 11.3 Å². The highest BCUT2D eigenvalue weighted by molar-refractivity contribution is 5.87. The van der Waals surface area contributed by atoms with Gasteiger partial charge < -0.3 is 15.7 Å². The van der Waals surface area contributed by atoms with Crippen LogP contribution in [-0.4, -0.2) is 29.6 Å². The Morgan fingerprint density at radius 1 is 1.35 bits per heavy atom. The van der Waals surface area contributed by atoms with Gasteiger partial charge in [-0.1, -0.05) is 0 Å². The van der Waals surface area contributed by atoms with E-state index in [1.54, 1.807) is 0 Å². The number of carboxylic acid groups (broad SMARTS) is 1. The monoisotopic (exact) mass is 282 g/mol. The number of carbonyl (C=O) groups is 2. The van der Waals surface area contributed by atoms with Gasteiger partial charge >= 0.3 is 5.97 Å². The summed E-state index contributed by atoms with van der Waals surface area (Å²) < 4.78 is 13.5. The molecule has 1 aromatic carbocycles. The predicted octanol–water partition coefficient (Wildman–Crippen LogP) is 1.53. The standard InChI is InChI=1S/C14H19FN2O3/c1-9(2)17-13(18)5-6-16-8-11-7-10(14(19)20)3-4-12(11)15/h3-4,7,9,16H,5-6,8H2,1-2H3,(H,17,18)(H,19,20). The van der Waals surface area contributed by atoms with Crippen molar-refractivity contribution in [2.24, 2.45) is 0 Å². The Labute approximate surface area is 117 Å². The molecule has 0 unspecified atom stereocenters. The second-order valence-electron chi connectivity index (χ2n) is 4.76. The number of nitrogens with one attached hydrogen (secondary N) is 2. The van der Waals surface area contributed by atoms with E-state index in [0.29, 0.717) is 13.0 Å². The molecule has 0 aliphatic carbocycles. The zero-order valence-corrected chi connectivity index (χ0v) is 11.6. The first-order valence-electron chi connectivity index (χ1n) is 6.42. The molecule has 0 atom stereocenters. The largest absolute Gasteiger partial charge is 0.478 e. The molecule has 6 heteroatoms. The number of aromatic carboxylic acids is 1. The first-order valence-corrected chi connectivity index (χ1v) is 6.42. The summed E-state index contributed by atoms with van der Waals surface area (Å²) in [6.45, 7) is 4.33. The normalized spacial score (nSPS) is 10.6. The van der Waals surface area contributed by atoms with Gasteiger partial charge in [-0.15, -0.1) is 0 Å². The Morgan fingerprint density at radius 2 is 2.05 bits per heavy atom. The van der Waals surface area contributed by atoms with E-state index in [0.717, 1.165) is 6.07 Å². The minimum atomic E-state index is -1.09. The van der Waals surface area contributed by atoms with Crippen LogP contribution in [0.3, 0.4) is 0 Å². The van der Waals surface area contributed by atoms with E-state index in [-0.39, 0.29) is 29.6 Å². The number of halogens is 1. The van der Waals surface area contributed by atoms with E-state index in [9.17, 15) is 14.0 Å². The molecule has 20 heavy (non-hydrogen) atoms. The van der Waals surface area contributed by atoms with Gasteiger partial charge in [0.15, 0.2) is 0 Å². The molecule has 0 aliphatic rings. The molecule has 1 amide bonds. The molecule has 0 aromatic heterocycles. The van der Waals surface area contributed by atoms with Crippen LogP contribution in [0.1, 0.15) is 36.2 Å². The van der Waals surface area contributed by atoms with Crippen molar-refractivity contribution in [1.29, 1.82) is 0 Å². The van der Waals surface area contributed by atoms with Crippen LogP contribution in [0.2, 0.25) is 0 Å². The fourth-order valence-corrected chi connectivity index (χ4v) is 1.66. The smallest absolute Gasteiger partial charge is 0.335 e. The molecular formula is C14H19FN2O3. The van der Waals surface area contributed by atoms with E-state index in [4.69, 9.17) is 5.11 Å². The quantitative estimate of drug-likeness (QED) is 0.663. The minimum Gasteiger partial charge on any atom is -0.478 e. The van der Waals surface area contributed by atoms with Crippen molar-refractivity contribution in [1.82, 2.24) is 10.6 Å². The number of hydrogen-bond acceptors (Lipinski definition) is 3. The van der Waals surface area contributed by atoms with Crippen molar-refractivity contribution >= 4 is 11.9 Å². The molecular weight excluding hydrogens is 263 g/mol. The fourth-order valence-electron chi connectivity index (χ4n) is 1.66. The van der Waals surface area contributed by atoms with Gasteiger partial charge in [0.05, 0.1) is 5.56 Å². The average Bonchev–Trinajstić information content (AvgIpc) is 2.35. The van der Waals surface area contributed by atoms with Crippen LogP contribution in [0.4, 0.5) is 4.39 Å². The van der Waals surface area contributed by atoms with Gasteiger partial charge in [-0.3, -0.25) is 4.79 Å². The van der Waals surface area contributed by atoms with Crippen molar-refractivity contribution in [2.75, 3.05) is 6.54 Å². The summed E-state index contributed by atoms with van der Waals surface area (Å²) in [6, 6.07) is 3.73. The summed E-state index contributed by atoms with van der Waals surface area (Å²) in [6.07, 6.45) is 0.290. The van der Waals surface area contributed by atoms with Gasteiger partial charge in [-0.2, -0.15) is 0 Å². The third-order valence-electron chi connectivity index (χ3n) is 2.59. The molecule has 0 bridgehead atoms. The molecule has 110 valence electrons. The topological polar surface area (TPSA) is 78.4 Å². The van der Waals surface area contributed by atoms with Gasteiger partial charge in [0, 0.05) is 31.1 Å². The van der Waals surface area contributed by atoms with E-state index in [1.165, 1.54) is 12.1 Å². The molecule has 0 fully saturated rings. The van der Waals surface area contributed by atoms with Crippen LogP contribution < -0.4 is 10.6 Å². The maximum Gasteiger partial charge on any atom is 0.335 e. The molecule has 0 aliphatic heterocycles. The zero-order chi connectivity index (χ0) is 15.1. The maximum absolute atomic E-state index is 13.5. The van der Waals surface area contributed by atoms with Crippen molar-refractivity contribution in [3.05, 3.63) is 35.1 Å². The highest BCUT2D eigenvalue weighted by atomic mass is 19.1. The van der Waals surface area contributed by atoms with E-state index in [2.05, 4.69) is 10.6 Å². The molecule has 0 heterocycles. The summed E-state index contributed by atoms with van der Waals surface area (Å²) >= 11 is 0. The average molecular weight is 282 g/mol. The number of carbonyl (C=O) groups excluding carboxylic acids is 1. The molecule has 1 rings (SSSR count). The van der Waals surface area contributed by atoms with Crippen LogP contribution in [0, 0.1) is 5.82 Å². The second-order valence-corrected chi connectivity index (χ2v) is 4.76. The SMILES string of the molecule is CC(C)NC(=O)CCNCc1cc(C(=O)O)ccc1F. The minimum absolute atomic E-state index is 0.0424. The van der Waals surface area contributed by atoms with Crippen molar-refractivity contribution in [2.45, 2.75) is 32.9 Å². The highest BCUT2D eigenvalue weighted by Crippen LogP contribution is 2.10. The lowest BCUT2D eigenvalue weighted by molar-refractivity contribution is -0.121. The van der Waals surface area contributed by atoms with Crippen molar-refractivity contribution in [3.8, 4) is 0 Å². The first-order chi connectivity index (χ1) is 9.40. The molecule has 3 N–H and O–H groups in total. The molecule has 0 spiro atoms. The third-order valence-corrected chi connectivity index (χ3v) is 2.59. The Morgan fingerprint density at radius 3 is 2.65 bits per heavy atom. The lowest BCUT2D eigenvalue weighted by atomic mass is 10.1. The summed E-state index contributed by atoms with van der Waals surface area (Å²) in [7, 11) is 0. The molecule has 0 saturated heterocycles. The Balaban J connectivity index is 2.44. The summed E-state index contributed by atoms with van der Waals surface area (Å²) in [5.41, 5.74) is 0.315. The lowest BCUT2D eigenvalue weighted by Gasteiger charge is -2.09. The number of benzene rings is 1. The van der Waals surface area contributed by atoms with Crippen LogP contribution in [0.5, 0.6) is 0 Å². The van der Waals surface area contributed by atoms with Crippen LogP contribution >= 0.6 is 0 Å². The fraction of sp³-hybridized carbons (Fsp3) is 0.429. The summed E-state index contributed by atoms with van der Waals surface area (Å²) in [4.78, 5) is 22.2. The molecule has 0 radical (unpaired) electrons. The summed E-state index contributed by atoms with van der Waals surface area (Å²) in [5.74, 6) is -1.64. The van der Waals surface area contributed by atoms with E-state index < -0.39 is 11.8 Å². The van der Waals surface area contributed by atoms with Crippen molar-refractivity contribution < 1.29 is 19.1 Å². The molecule has 5 nitrogen and oxygen atoms in total. The van der Waals surface area contributed by atoms with Gasteiger partial charge in [0.25, 0.3) is 0 Å². The number of amides is 1. The zero-order valence-electron chi connectivity index (χ0n) is 11.6. The number of hydrogen-bond donors (Lipinski definition) is 3. The third kappa shape index (κ3) is 5.36. The highest BCUT2D eigenvalue weighted by Gasteiger charge is 2.08. The first kappa shape index (κ1) is 16.1. The van der Waals surface area contributed by atoms with Gasteiger partial charge in [0.1, 0.15) is 5.82 Å². The number of rotatable bonds is 7. The van der Waals surface area contributed by atoms with E-state index >= 15 is 0 Å². The molecule has 0 saturated carbocycles. The Kier molecular flexibility index (Phi) is 6.11. The van der Waals surface area contributed by atoms with Crippen LogP contribution in [0.25, 0.3) is 0 Å². The Bertz CT molecular complexity index is 489. The molecule has 1 aromatic rings. The van der Waals surface area contributed by atoms with Gasteiger partial charge in [-0.25, -0.2) is 9.18 Å². The van der Waals surface area contributed by atoms with Gasteiger partial charge in [0.2, 0.25) is 5.91 Å². The van der Waals surface area contributed by atoms with Crippen molar-refractivity contribution in [3.63, 3.8) is 0 Å². The summed E-state index contributed by atoms with van der Waals surface area (Å²) in [5, 5.41) is 14.5. The van der Waals surface area contributed by atoms with Gasteiger partial charge in [-0.05, 0) is 32.0 Å². The van der Waals surface area contributed by atoms with Crippen LogP contribution in [0.15, 0.2) is 18.2 Å². The van der Waals surface area contributed by atoms with E-state index in [1.807, 2.05) is 13.8 Å². The lowest BCUT2D eigenvalue weighted by Crippen LogP contribution is -2.32. The Hall–Kier alpha value is -1.95. The second kappa shape index (κ2) is 7.59. The predicted molar refractivity (Wildman–Crippen MR) is 73.0 cm³/mol.